The number of rotatable bonds is 2. The van der Waals surface area contributed by atoms with Crippen LogP contribution in [0.4, 0.5) is 5.69 Å². The highest BCUT2D eigenvalue weighted by atomic mass is 16.7. The van der Waals surface area contributed by atoms with Gasteiger partial charge in [-0.15, -0.1) is 0 Å². The Labute approximate surface area is 144 Å². The number of hydrogen-bond acceptors (Lipinski definition) is 5. The molecule has 0 unspecified atom stereocenters. The number of carbonyl (C=O) groups is 2. The van der Waals surface area contributed by atoms with Gasteiger partial charge in [-0.05, 0) is 29.8 Å². The number of nitrogens with one attached hydrogen (secondary N) is 1. The van der Waals surface area contributed by atoms with E-state index in [0.717, 1.165) is 5.56 Å². The van der Waals surface area contributed by atoms with E-state index in [1.165, 1.54) is 6.92 Å². The predicted octanol–water partition coefficient (Wildman–Crippen LogP) is 3.03. The zero-order valence-corrected chi connectivity index (χ0v) is 13.5. The zero-order chi connectivity index (χ0) is 17.4. The zero-order valence-electron chi connectivity index (χ0n) is 13.5. The maximum atomic E-state index is 12.7. The van der Waals surface area contributed by atoms with Crippen LogP contribution in [-0.2, 0) is 4.79 Å². The third kappa shape index (κ3) is 2.94. The quantitative estimate of drug-likeness (QED) is 0.853. The number of amides is 1. The van der Waals surface area contributed by atoms with Crippen LogP contribution < -0.4 is 19.5 Å². The van der Waals surface area contributed by atoms with Crippen molar-refractivity contribution in [2.75, 3.05) is 18.7 Å². The van der Waals surface area contributed by atoms with Crippen LogP contribution in [-0.4, -0.2) is 25.1 Å². The lowest BCUT2D eigenvalue weighted by Crippen LogP contribution is -2.19. The third-order valence-corrected chi connectivity index (χ3v) is 3.97. The van der Waals surface area contributed by atoms with Crippen LogP contribution in [0.3, 0.4) is 0 Å². The molecule has 2 aromatic carbocycles. The van der Waals surface area contributed by atoms with Crippen LogP contribution in [0.5, 0.6) is 17.2 Å². The molecule has 0 saturated carbocycles. The molecule has 0 aromatic heterocycles. The summed E-state index contributed by atoms with van der Waals surface area (Å²) in [5, 5.41) is 2.70. The van der Waals surface area contributed by atoms with Gasteiger partial charge in [0.2, 0.25) is 12.7 Å². The number of anilines is 1. The number of fused-ring (bicyclic) bond motifs is 2. The summed E-state index contributed by atoms with van der Waals surface area (Å²) in [4.78, 5) is 23.8. The first-order valence-corrected chi connectivity index (χ1v) is 7.79. The van der Waals surface area contributed by atoms with Gasteiger partial charge in [-0.2, -0.15) is 0 Å². The van der Waals surface area contributed by atoms with E-state index >= 15 is 0 Å². The van der Waals surface area contributed by atoms with Gasteiger partial charge in [0.15, 0.2) is 17.3 Å². The average molecular weight is 337 g/mol. The molecular weight excluding hydrogens is 322 g/mol. The Hall–Kier alpha value is -3.28. The molecule has 1 amide bonds. The van der Waals surface area contributed by atoms with Crippen molar-refractivity contribution in [2.24, 2.45) is 0 Å². The molecule has 1 N–H and O–H groups in total. The summed E-state index contributed by atoms with van der Waals surface area (Å²) in [6, 6.07) is 10.6. The van der Waals surface area contributed by atoms with Crippen molar-refractivity contribution in [3.8, 4) is 17.2 Å². The number of carbonyl (C=O) groups excluding carboxylic acids is 2. The Morgan fingerprint density at radius 1 is 1.04 bits per heavy atom. The Morgan fingerprint density at radius 3 is 2.48 bits per heavy atom. The van der Waals surface area contributed by atoms with Gasteiger partial charge < -0.3 is 19.5 Å². The molecule has 0 bridgehead atoms. The molecule has 2 heterocycles. The summed E-state index contributed by atoms with van der Waals surface area (Å²) in [5.41, 5.74) is 2.58. The number of ketones is 1. The fourth-order valence-electron chi connectivity index (χ4n) is 2.79. The highest BCUT2D eigenvalue weighted by Gasteiger charge is 2.27. The molecule has 2 aliphatic heterocycles. The Bertz CT molecular complexity index is 899. The molecule has 0 atom stereocenters. The van der Waals surface area contributed by atoms with Gasteiger partial charge >= 0.3 is 0 Å². The molecule has 0 saturated heterocycles. The first-order valence-electron chi connectivity index (χ1n) is 7.79. The lowest BCUT2D eigenvalue weighted by atomic mass is 9.98. The first-order chi connectivity index (χ1) is 12.1. The molecule has 4 rings (SSSR count). The van der Waals surface area contributed by atoms with Crippen molar-refractivity contribution < 1.29 is 23.8 Å². The second-order valence-electron chi connectivity index (χ2n) is 5.79. The normalized spacial score (nSPS) is 16.4. The van der Waals surface area contributed by atoms with Gasteiger partial charge in [0.25, 0.3) is 0 Å². The monoisotopic (exact) mass is 337 g/mol. The minimum absolute atomic E-state index is 0.0921. The molecule has 25 heavy (non-hydrogen) atoms. The van der Waals surface area contributed by atoms with Gasteiger partial charge in [0.05, 0.1) is 5.56 Å². The van der Waals surface area contributed by atoms with Crippen molar-refractivity contribution >= 4 is 23.5 Å². The molecule has 0 aliphatic carbocycles. The minimum atomic E-state index is -0.127. The van der Waals surface area contributed by atoms with E-state index in [1.54, 1.807) is 30.3 Å². The van der Waals surface area contributed by atoms with Gasteiger partial charge in [0.1, 0.15) is 12.4 Å². The maximum Gasteiger partial charge on any atom is 0.231 e. The van der Waals surface area contributed by atoms with E-state index in [4.69, 9.17) is 14.2 Å². The largest absolute Gasteiger partial charge is 0.488 e. The third-order valence-electron chi connectivity index (χ3n) is 3.97. The molecule has 6 heteroatoms. The number of Topliss-reactive ketones (excluding diaryl/α,β-unsaturated/α-hetero) is 1. The Kier molecular flexibility index (Phi) is 3.65. The van der Waals surface area contributed by atoms with E-state index in [2.05, 4.69) is 5.32 Å². The smallest absolute Gasteiger partial charge is 0.231 e. The van der Waals surface area contributed by atoms with Gasteiger partial charge in [-0.25, -0.2) is 0 Å². The van der Waals surface area contributed by atoms with Crippen LogP contribution in [0, 0.1) is 0 Å². The SMILES string of the molecule is CC(=O)Nc1ccc(/C=C2\COc3cc4c(cc3C2=O)OCO4)cc1. The lowest BCUT2D eigenvalue weighted by Gasteiger charge is -2.19. The van der Waals surface area contributed by atoms with Crippen molar-refractivity contribution in [2.45, 2.75) is 6.92 Å². The Morgan fingerprint density at radius 2 is 1.76 bits per heavy atom. The van der Waals surface area contributed by atoms with Crippen LogP contribution in [0.2, 0.25) is 0 Å². The number of benzene rings is 2. The van der Waals surface area contributed by atoms with Crippen molar-refractivity contribution in [3.63, 3.8) is 0 Å². The molecule has 2 aromatic rings. The molecular formula is C19H15NO5. The predicted molar refractivity (Wildman–Crippen MR) is 91.1 cm³/mol. The summed E-state index contributed by atoms with van der Waals surface area (Å²) in [7, 11) is 0. The highest BCUT2D eigenvalue weighted by molar-refractivity contribution is 6.14. The standard InChI is InChI=1S/C19H15NO5/c1-11(21)20-14-4-2-12(3-5-14)6-13-9-23-16-8-18-17(24-10-25-18)7-15(16)19(13)22/h2-8H,9-10H2,1H3,(H,20,21)/b13-6+. The summed E-state index contributed by atoms with van der Waals surface area (Å²) >= 11 is 0. The highest BCUT2D eigenvalue weighted by Crippen LogP contribution is 2.40. The van der Waals surface area contributed by atoms with Crippen LogP contribution in [0.15, 0.2) is 42.0 Å². The average Bonchev–Trinajstić information content (AvgIpc) is 3.04. The van der Waals surface area contributed by atoms with Gasteiger partial charge in [0, 0.05) is 24.3 Å². The summed E-state index contributed by atoms with van der Waals surface area (Å²) < 4.78 is 16.3. The van der Waals surface area contributed by atoms with Gasteiger partial charge in [-0.1, -0.05) is 12.1 Å². The molecule has 0 fully saturated rings. The van der Waals surface area contributed by atoms with E-state index in [0.29, 0.717) is 34.1 Å². The van der Waals surface area contributed by atoms with E-state index < -0.39 is 0 Å². The van der Waals surface area contributed by atoms with E-state index in [1.807, 2.05) is 12.1 Å². The summed E-state index contributed by atoms with van der Waals surface area (Å²) in [6.07, 6.45) is 1.79. The molecule has 6 nitrogen and oxygen atoms in total. The molecule has 126 valence electrons. The second kappa shape index (κ2) is 5.98. The van der Waals surface area contributed by atoms with Crippen molar-refractivity contribution in [1.29, 1.82) is 0 Å². The lowest BCUT2D eigenvalue weighted by molar-refractivity contribution is -0.114. The van der Waals surface area contributed by atoms with Gasteiger partial charge in [-0.3, -0.25) is 9.59 Å². The van der Waals surface area contributed by atoms with E-state index in [-0.39, 0.29) is 25.1 Å². The molecule has 2 aliphatic rings. The maximum absolute atomic E-state index is 12.7. The topological polar surface area (TPSA) is 73.9 Å². The summed E-state index contributed by atoms with van der Waals surface area (Å²) in [6.45, 7) is 1.80. The second-order valence-corrected chi connectivity index (χ2v) is 5.79. The van der Waals surface area contributed by atoms with Crippen molar-refractivity contribution in [1.82, 2.24) is 0 Å². The minimum Gasteiger partial charge on any atom is -0.488 e. The van der Waals surface area contributed by atoms with E-state index in [9.17, 15) is 9.59 Å². The number of ether oxygens (including phenoxy) is 3. The Balaban J connectivity index is 1.60. The van der Waals surface area contributed by atoms with Crippen LogP contribution >= 0.6 is 0 Å². The molecule has 0 radical (unpaired) electrons. The van der Waals surface area contributed by atoms with Crippen LogP contribution in [0.1, 0.15) is 22.8 Å². The van der Waals surface area contributed by atoms with Crippen LogP contribution in [0.25, 0.3) is 6.08 Å². The number of hydrogen-bond donors (Lipinski definition) is 1. The fraction of sp³-hybridized carbons (Fsp3) is 0.158. The fourth-order valence-corrected chi connectivity index (χ4v) is 2.79. The molecule has 0 spiro atoms. The summed E-state index contributed by atoms with van der Waals surface area (Å²) in [5.74, 6) is 1.43. The first kappa shape index (κ1) is 15.3. The van der Waals surface area contributed by atoms with Crippen molar-refractivity contribution in [3.05, 3.63) is 53.1 Å².